The van der Waals surface area contributed by atoms with E-state index in [0.717, 1.165) is 48.5 Å². The van der Waals surface area contributed by atoms with Crippen molar-refractivity contribution >= 4 is 51.6 Å². The summed E-state index contributed by atoms with van der Waals surface area (Å²) in [6.07, 6.45) is 5.44. The van der Waals surface area contributed by atoms with E-state index >= 15 is 0 Å². The Morgan fingerprint density at radius 3 is 2.87 bits per heavy atom. The zero-order chi connectivity index (χ0) is 21.1. The Balaban J connectivity index is 1.44. The van der Waals surface area contributed by atoms with Gasteiger partial charge >= 0.3 is 0 Å². The lowest BCUT2D eigenvalue weighted by Crippen LogP contribution is -2.51. The molecule has 0 unspecified atom stereocenters. The molecule has 0 aliphatic carbocycles. The first-order chi connectivity index (χ1) is 14.5. The number of amides is 1. The maximum absolute atomic E-state index is 12.9. The second-order valence-electron chi connectivity index (χ2n) is 7.37. The summed E-state index contributed by atoms with van der Waals surface area (Å²) in [5, 5.41) is 5.21. The molecule has 2 aromatic heterocycles. The van der Waals surface area contributed by atoms with Crippen molar-refractivity contribution in [3.8, 4) is 0 Å². The van der Waals surface area contributed by atoms with E-state index in [0.29, 0.717) is 16.6 Å². The Kier molecular flexibility index (Phi) is 6.29. The fourth-order valence-corrected chi connectivity index (χ4v) is 4.58. The van der Waals surface area contributed by atoms with Gasteiger partial charge in [-0.15, -0.1) is 0 Å². The van der Waals surface area contributed by atoms with Crippen LogP contribution in [0.2, 0.25) is 10.0 Å². The van der Waals surface area contributed by atoms with Crippen LogP contribution in [0.3, 0.4) is 0 Å². The second kappa shape index (κ2) is 9.10. The van der Waals surface area contributed by atoms with Gasteiger partial charge in [-0.2, -0.15) is 0 Å². The Morgan fingerprint density at radius 1 is 1.30 bits per heavy atom. The first kappa shape index (κ1) is 20.8. The molecule has 1 saturated heterocycles. The number of nitrogens with zero attached hydrogens (tertiary/aromatic N) is 4. The molecule has 3 aromatic rings. The number of likely N-dealkylation sites (N-methyl/N-ethyl adjacent to an activating group) is 1. The monoisotopic (exact) mass is 446 g/mol. The predicted molar refractivity (Wildman–Crippen MR) is 121 cm³/mol. The number of rotatable bonds is 6. The number of H-pyrrole nitrogens is 1. The molecule has 30 heavy (non-hydrogen) atoms. The molecule has 0 spiro atoms. The standard InChI is InChI=1S/C21H24Cl2N6O/c1-2-29(21-18-5-6-24-20(18)26-13-27-21)17-4-3-7-28(12-17)19(30)11-25-16-9-14(22)8-15(23)10-16/h5-6,8-10,13,17,25H,2-4,7,11-12H2,1H3,(H,24,26,27)/t17-/m0/s1. The van der Waals surface area contributed by atoms with E-state index in [2.05, 4.69) is 32.1 Å². The fourth-order valence-electron chi connectivity index (χ4n) is 4.05. The smallest absolute Gasteiger partial charge is 0.241 e. The van der Waals surface area contributed by atoms with E-state index in [4.69, 9.17) is 23.2 Å². The summed E-state index contributed by atoms with van der Waals surface area (Å²) < 4.78 is 0. The predicted octanol–water partition coefficient (Wildman–Crippen LogP) is 4.19. The van der Waals surface area contributed by atoms with Crippen molar-refractivity contribution in [2.75, 3.05) is 36.4 Å². The molecule has 1 atom stereocenters. The minimum absolute atomic E-state index is 0.0568. The molecule has 7 nitrogen and oxygen atoms in total. The molecule has 1 aliphatic rings. The van der Waals surface area contributed by atoms with Crippen LogP contribution in [0, 0.1) is 0 Å². The fraction of sp³-hybridized carbons (Fsp3) is 0.381. The van der Waals surface area contributed by atoms with Crippen LogP contribution in [0.15, 0.2) is 36.8 Å². The van der Waals surface area contributed by atoms with Crippen LogP contribution in [-0.4, -0.2) is 58.0 Å². The van der Waals surface area contributed by atoms with Gasteiger partial charge in [-0.25, -0.2) is 9.97 Å². The van der Waals surface area contributed by atoms with Crippen LogP contribution in [0.5, 0.6) is 0 Å². The van der Waals surface area contributed by atoms with E-state index in [9.17, 15) is 4.79 Å². The van der Waals surface area contributed by atoms with Gasteiger partial charge < -0.3 is 20.1 Å². The van der Waals surface area contributed by atoms with Crippen LogP contribution in [0.1, 0.15) is 19.8 Å². The molecular formula is C21H24Cl2N6O. The second-order valence-corrected chi connectivity index (χ2v) is 8.24. The van der Waals surface area contributed by atoms with Gasteiger partial charge in [-0.05, 0) is 44.0 Å². The number of aromatic nitrogens is 3. The number of hydrogen-bond donors (Lipinski definition) is 2. The third kappa shape index (κ3) is 4.47. The molecule has 2 N–H and O–H groups in total. The summed E-state index contributed by atoms with van der Waals surface area (Å²) >= 11 is 12.1. The molecule has 0 bridgehead atoms. The number of fused-ring (bicyclic) bond motifs is 1. The van der Waals surface area contributed by atoms with Gasteiger partial charge in [0.25, 0.3) is 0 Å². The van der Waals surface area contributed by atoms with Gasteiger partial charge in [-0.3, -0.25) is 4.79 Å². The van der Waals surface area contributed by atoms with Crippen LogP contribution in [0.4, 0.5) is 11.5 Å². The number of benzene rings is 1. The topological polar surface area (TPSA) is 77.2 Å². The maximum Gasteiger partial charge on any atom is 0.241 e. The summed E-state index contributed by atoms with van der Waals surface area (Å²) in [5.74, 6) is 0.969. The van der Waals surface area contributed by atoms with E-state index in [1.165, 1.54) is 0 Å². The number of anilines is 2. The van der Waals surface area contributed by atoms with Crippen molar-refractivity contribution in [2.24, 2.45) is 0 Å². The lowest BCUT2D eigenvalue weighted by atomic mass is 10.0. The van der Waals surface area contributed by atoms with Gasteiger partial charge in [0, 0.05) is 47.6 Å². The third-order valence-electron chi connectivity index (χ3n) is 5.44. The molecule has 9 heteroatoms. The van der Waals surface area contributed by atoms with Crippen molar-refractivity contribution in [3.63, 3.8) is 0 Å². The minimum Gasteiger partial charge on any atom is -0.376 e. The number of carbonyl (C=O) groups excluding carboxylic acids is 1. The van der Waals surface area contributed by atoms with Gasteiger partial charge in [-0.1, -0.05) is 23.2 Å². The summed E-state index contributed by atoms with van der Waals surface area (Å²) in [6, 6.07) is 7.39. The summed E-state index contributed by atoms with van der Waals surface area (Å²) in [4.78, 5) is 29.0. The summed E-state index contributed by atoms with van der Waals surface area (Å²) in [7, 11) is 0. The minimum atomic E-state index is 0.0568. The van der Waals surface area contributed by atoms with Crippen LogP contribution in [-0.2, 0) is 4.79 Å². The number of aromatic amines is 1. The Bertz CT molecular complexity index is 1020. The Morgan fingerprint density at radius 2 is 2.10 bits per heavy atom. The van der Waals surface area contributed by atoms with Crippen LogP contribution >= 0.6 is 23.2 Å². The number of nitrogens with one attached hydrogen (secondary N) is 2. The summed E-state index contributed by atoms with van der Waals surface area (Å²) in [6.45, 7) is 4.55. The van der Waals surface area contributed by atoms with E-state index in [1.54, 1.807) is 24.5 Å². The molecular weight excluding hydrogens is 423 g/mol. The third-order valence-corrected chi connectivity index (χ3v) is 5.88. The molecule has 1 amide bonds. The molecule has 158 valence electrons. The molecule has 4 rings (SSSR count). The van der Waals surface area contributed by atoms with Gasteiger partial charge in [0.2, 0.25) is 5.91 Å². The zero-order valence-electron chi connectivity index (χ0n) is 16.7. The number of piperidine rings is 1. The van der Waals surface area contributed by atoms with Crippen LogP contribution < -0.4 is 10.2 Å². The molecule has 0 saturated carbocycles. The highest BCUT2D eigenvalue weighted by atomic mass is 35.5. The largest absolute Gasteiger partial charge is 0.376 e. The number of carbonyl (C=O) groups is 1. The maximum atomic E-state index is 12.9. The van der Waals surface area contributed by atoms with E-state index < -0.39 is 0 Å². The number of likely N-dealkylation sites (tertiary alicyclic amines) is 1. The highest BCUT2D eigenvalue weighted by Gasteiger charge is 2.29. The van der Waals surface area contributed by atoms with Gasteiger partial charge in [0.15, 0.2) is 0 Å². The van der Waals surface area contributed by atoms with Crippen LogP contribution in [0.25, 0.3) is 11.0 Å². The molecule has 1 fully saturated rings. The number of hydrogen-bond acceptors (Lipinski definition) is 5. The molecule has 1 aliphatic heterocycles. The normalized spacial score (nSPS) is 16.6. The van der Waals surface area contributed by atoms with Crippen molar-refractivity contribution in [3.05, 3.63) is 46.8 Å². The van der Waals surface area contributed by atoms with Gasteiger partial charge in [0.1, 0.15) is 17.8 Å². The number of halogens is 2. The van der Waals surface area contributed by atoms with Crippen molar-refractivity contribution in [1.29, 1.82) is 0 Å². The van der Waals surface area contributed by atoms with E-state index in [-0.39, 0.29) is 18.5 Å². The Labute approximate surface area is 185 Å². The SMILES string of the molecule is CCN(c1ncnc2[nH]ccc12)[C@H]1CCCN(C(=O)CNc2cc(Cl)cc(Cl)c2)C1. The zero-order valence-corrected chi connectivity index (χ0v) is 18.2. The highest BCUT2D eigenvalue weighted by molar-refractivity contribution is 6.35. The van der Waals surface area contributed by atoms with E-state index in [1.807, 2.05) is 17.2 Å². The molecule has 1 aromatic carbocycles. The summed E-state index contributed by atoms with van der Waals surface area (Å²) in [5.41, 5.74) is 1.56. The molecule has 3 heterocycles. The van der Waals surface area contributed by atoms with Gasteiger partial charge in [0.05, 0.1) is 11.9 Å². The first-order valence-electron chi connectivity index (χ1n) is 10.1. The van der Waals surface area contributed by atoms with Crippen molar-refractivity contribution < 1.29 is 4.79 Å². The first-order valence-corrected chi connectivity index (χ1v) is 10.8. The quantitative estimate of drug-likeness (QED) is 0.593. The highest BCUT2D eigenvalue weighted by Crippen LogP contribution is 2.27. The average Bonchev–Trinajstić information content (AvgIpc) is 3.22. The average molecular weight is 447 g/mol. The van der Waals surface area contributed by atoms with Crippen molar-refractivity contribution in [1.82, 2.24) is 19.9 Å². The Hall–Kier alpha value is -2.51. The van der Waals surface area contributed by atoms with Crippen molar-refractivity contribution in [2.45, 2.75) is 25.8 Å². The molecule has 0 radical (unpaired) electrons. The lowest BCUT2D eigenvalue weighted by Gasteiger charge is -2.39. The lowest BCUT2D eigenvalue weighted by molar-refractivity contribution is -0.130.